The quantitative estimate of drug-likeness (QED) is 0.162. The van der Waals surface area contributed by atoms with E-state index in [9.17, 15) is 0 Å². The van der Waals surface area contributed by atoms with Gasteiger partial charge in [0.05, 0.1) is 13.2 Å². The first kappa shape index (κ1) is 95.6. The fourth-order valence-electron chi connectivity index (χ4n) is 15.1. The molecule has 0 aromatic heterocycles. The molecule has 0 saturated carbocycles. The van der Waals surface area contributed by atoms with Crippen LogP contribution in [0.2, 0.25) is 0 Å². The molecule has 10 saturated heterocycles. The lowest BCUT2D eigenvalue weighted by atomic mass is 9.76. The Kier molecular flexibility index (Phi) is 45.5. The molecule has 10 fully saturated rings. The van der Waals surface area contributed by atoms with Gasteiger partial charge in [0.25, 0.3) is 0 Å². The molecule has 10 heteroatoms. The number of hydrogen-bond donors (Lipinski definition) is 5. The second-order valence-electron chi connectivity index (χ2n) is 42.5. The fourth-order valence-corrected chi connectivity index (χ4v) is 15.1. The van der Waals surface area contributed by atoms with Gasteiger partial charge in [-0.3, -0.25) is 14.7 Å². The minimum atomic E-state index is 0.403. The second kappa shape index (κ2) is 46.6. The van der Waals surface area contributed by atoms with Crippen molar-refractivity contribution in [2.45, 2.75) is 359 Å². The molecule has 5 N–H and O–H groups in total. The van der Waals surface area contributed by atoms with Gasteiger partial charge >= 0.3 is 0 Å². The minimum Gasteiger partial charge on any atom is -0.381 e. The smallest absolute Gasteiger partial charge is 0.0521 e. The van der Waals surface area contributed by atoms with Gasteiger partial charge in [0.15, 0.2) is 0 Å². The van der Waals surface area contributed by atoms with E-state index in [-0.39, 0.29) is 0 Å². The zero-order valence-electron chi connectivity index (χ0n) is 72.7. The summed E-state index contributed by atoms with van der Waals surface area (Å²) in [6.07, 6.45) is 29.0. The van der Waals surface area contributed by atoms with Crippen molar-refractivity contribution in [3.05, 3.63) is 0 Å². The van der Waals surface area contributed by atoms with Crippen molar-refractivity contribution >= 4 is 0 Å². The van der Waals surface area contributed by atoms with Gasteiger partial charge in [-0.1, -0.05) is 165 Å². The second-order valence-corrected chi connectivity index (χ2v) is 42.5. The average Bonchev–Trinajstić information content (AvgIpc) is 1.37. The number of likely N-dealkylation sites (tertiary alicyclic amines) is 3. The van der Waals surface area contributed by atoms with Gasteiger partial charge in [-0.2, -0.15) is 0 Å². The summed E-state index contributed by atoms with van der Waals surface area (Å²) < 4.78 is 10.4. The summed E-state index contributed by atoms with van der Waals surface area (Å²) in [6, 6.07) is 0. The molecule has 0 bridgehead atoms. The van der Waals surface area contributed by atoms with Crippen LogP contribution in [-0.4, -0.2) is 162 Å². The van der Waals surface area contributed by atoms with Crippen LogP contribution in [0.1, 0.15) is 343 Å². The number of nitrogens with one attached hydrogen (secondary N) is 5. The van der Waals surface area contributed by atoms with E-state index in [1.807, 2.05) is 0 Å². The number of nitrogens with zero attached hydrogens (tertiary/aromatic N) is 3. The summed E-state index contributed by atoms with van der Waals surface area (Å²) in [5.41, 5.74) is 4.75. The number of rotatable bonds is 0. The Hall–Kier alpha value is -0.400. The van der Waals surface area contributed by atoms with Crippen LogP contribution < -0.4 is 26.6 Å². The largest absolute Gasteiger partial charge is 0.381 e. The molecule has 0 spiro atoms. The summed E-state index contributed by atoms with van der Waals surface area (Å²) in [5, 5.41) is 17.2. The van der Waals surface area contributed by atoms with Crippen molar-refractivity contribution in [3.8, 4) is 0 Å². The van der Waals surface area contributed by atoms with Crippen molar-refractivity contribution in [1.29, 1.82) is 0 Å². The molecule has 0 aliphatic carbocycles. The summed E-state index contributed by atoms with van der Waals surface area (Å²) in [7, 11) is 0. The highest BCUT2D eigenvalue weighted by Gasteiger charge is 2.33. The molecule has 10 aliphatic heterocycles. The molecule has 4 unspecified atom stereocenters. The van der Waals surface area contributed by atoms with Crippen molar-refractivity contribution in [2.75, 3.05) is 131 Å². The molecule has 98 heavy (non-hydrogen) atoms. The van der Waals surface area contributed by atoms with Crippen molar-refractivity contribution in [1.82, 2.24) is 41.3 Å². The molecule has 0 amide bonds. The normalized spacial score (nSPS) is 25.3. The Morgan fingerprint density at radius 2 is 0.459 bits per heavy atom. The summed E-state index contributed by atoms with van der Waals surface area (Å²) in [6.45, 7) is 93.7. The van der Waals surface area contributed by atoms with Crippen molar-refractivity contribution < 1.29 is 9.47 Å². The maximum absolute atomic E-state index is 5.29. The average molecular weight is 1390 g/mol. The maximum atomic E-state index is 5.29. The Morgan fingerprint density at radius 1 is 0.214 bits per heavy atom. The number of piperidine rings is 4. The molecule has 0 radical (unpaired) electrons. The lowest BCUT2D eigenvalue weighted by Crippen LogP contribution is -2.44. The van der Waals surface area contributed by atoms with E-state index in [1.165, 1.54) is 240 Å². The standard InChI is InChI=1S/2C10H21N.4C9H19N.C9H18O.2C8H17N.C7H14O/c1-10(2,3)9-5-4-7-11-8-6-9;1-10(2,3)9-6-4-5-7-11-8-9;1-9(2,3)8-4-6-10-7-5-8;1-9(2,3)8-5-4-6-10-7-8;2*1-9(2,3)10-7-5-4-6-8-10;1-9(2,3)8-4-6-10-7-5-8;1-8(2,3)7-4-5-9-6-7;1-8(2,3)9-6-4-5-7-9;1-7(2,3)6-4-8-5-6/h2*9,11H,4-8H2,1-3H3;2*8,10H,4-7H2,1-3H3;2*4-8H2,1-3H3;8H,4-7H2,1-3H3;7,9H,4-6H2,1-3H3;4-7H2,1-3H3;6H,4-5H2,1-3H3. The monoisotopic (exact) mass is 1390 g/mol. The highest BCUT2D eigenvalue weighted by molar-refractivity contribution is 4.86. The highest BCUT2D eigenvalue weighted by Crippen LogP contribution is 2.37. The Labute approximate surface area is 617 Å². The van der Waals surface area contributed by atoms with Crippen LogP contribution >= 0.6 is 0 Å². The Morgan fingerprint density at radius 3 is 0.724 bits per heavy atom. The van der Waals surface area contributed by atoms with Gasteiger partial charge in [-0.25, -0.2) is 0 Å². The molecule has 10 nitrogen and oxygen atoms in total. The molecule has 4 atom stereocenters. The third-order valence-electron chi connectivity index (χ3n) is 23.9. The summed E-state index contributed by atoms with van der Waals surface area (Å²) >= 11 is 0. The summed E-state index contributed by atoms with van der Waals surface area (Å²) in [4.78, 5) is 7.71. The number of ether oxygens (including phenoxy) is 2. The fraction of sp³-hybridized carbons (Fsp3) is 1.00. The third-order valence-corrected chi connectivity index (χ3v) is 23.9. The zero-order chi connectivity index (χ0) is 74.7. The van der Waals surface area contributed by atoms with Crippen LogP contribution in [0, 0.1) is 79.3 Å². The molecular formula is C88H184N8O2. The van der Waals surface area contributed by atoms with Gasteiger partial charge in [0.2, 0.25) is 0 Å². The van der Waals surface area contributed by atoms with E-state index in [4.69, 9.17) is 9.47 Å². The lowest BCUT2D eigenvalue weighted by Gasteiger charge is -2.38. The Bertz CT molecular complexity index is 1640. The van der Waals surface area contributed by atoms with Gasteiger partial charge in [-0.05, 0) is 356 Å². The van der Waals surface area contributed by atoms with Crippen LogP contribution in [0.5, 0.6) is 0 Å². The maximum Gasteiger partial charge on any atom is 0.0521 e. The van der Waals surface area contributed by atoms with E-state index in [1.54, 1.807) is 0 Å². The molecular weight excluding hydrogens is 1200 g/mol. The molecule has 0 aromatic carbocycles. The first-order valence-electron chi connectivity index (χ1n) is 42.0. The molecule has 588 valence electrons. The highest BCUT2D eigenvalue weighted by atomic mass is 16.5. The van der Waals surface area contributed by atoms with Crippen LogP contribution in [0.3, 0.4) is 0 Å². The van der Waals surface area contributed by atoms with Crippen LogP contribution in [0.25, 0.3) is 0 Å². The number of hydrogen-bond acceptors (Lipinski definition) is 10. The first-order valence-corrected chi connectivity index (χ1v) is 42.0. The minimum absolute atomic E-state index is 0.403. The Balaban J connectivity index is 0.000000545. The van der Waals surface area contributed by atoms with Gasteiger partial charge < -0.3 is 36.1 Å². The van der Waals surface area contributed by atoms with E-state index in [2.05, 4.69) is 249 Å². The molecule has 10 rings (SSSR count). The predicted octanol–water partition coefficient (Wildman–Crippen LogP) is 21.1. The predicted molar refractivity (Wildman–Crippen MR) is 438 cm³/mol. The van der Waals surface area contributed by atoms with Crippen molar-refractivity contribution in [2.24, 2.45) is 79.3 Å². The van der Waals surface area contributed by atoms with E-state index in [0.717, 1.165) is 67.9 Å². The summed E-state index contributed by atoms with van der Waals surface area (Å²) in [5.74, 6) is 6.22. The third kappa shape index (κ3) is 45.2. The van der Waals surface area contributed by atoms with Gasteiger partial charge in [0, 0.05) is 35.7 Å². The SMILES string of the molecule is CC(C)(C)C1CCCCNC1.CC(C)(C)C1CCCNC1.CC(C)(C)C1CCCNCC1.CC(C)(C)C1CCNC1.CC(C)(C)C1CCNCC1.CC(C)(C)C1CCOCC1.CC(C)(C)C1COC1.CC(C)(C)N1CCCC1.CC(C)(C)N1CCCCC1.CC(C)(C)N1CCCCC1. The van der Waals surface area contributed by atoms with Crippen LogP contribution in [0.15, 0.2) is 0 Å². The topological polar surface area (TPSA) is 88.3 Å². The van der Waals surface area contributed by atoms with E-state index < -0.39 is 0 Å². The van der Waals surface area contributed by atoms with E-state index >= 15 is 0 Å². The molecule has 0 aromatic rings. The zero-order valence-corrected chi connectivity index (χ0v) is 72.7. The molecule has 10 heterocycles. The first-order chi connectivity index (χ1) is 45.1. The van der Waals surface area contributed by atoms with Gasteiger partial charge in [-0.15, -0.1) is 0 Å². The lowest BCUT2D eigenvalue weighted by molar-refractivity contribution is -0.0821. The van der Waals surface area contributed by atoms with Crippen LogP contribution in [0.4, 0.5) is 0 Å². The van der Waals surface area contributed by atoms with Crippen LogP contribution in [-0.2, 0) is 9.47 Å². The van der Waals surface area contributed by atoms with Crippen molar-refractivity contribution in [3.63, 3.8) is 0 Å². The molecule has 10 aliphatic rings. The van der Waals surface area contributed by atoms with Gasteiger partial charge in [0.1, 0.15) is 0 Å². The van der Waals surface area contributed by atoms with E-state index in [0.29, 0.717) is 54.5 Å².